The van der Waals surface area contributed by atoms with E-state index >= 15 is 0 Å². The van der Waals surface area contributed by atoms with Gasteiger partial charge in [-0.2, -0.15) is 0 Å². The fourth-order valence-corrected chi connectivity index (χ4v) is 9.52. The van der Waals surface area contributed by atoms with Crippen LogP contribution in [0.4, 0.5) is 17.1 Å². The number of nitrogens with zero attached hydrogens (tertiary/aromatic N) is 2. The van der Waals surface area contributed by atoms with E-state index < -0.39 is 0 Å². The van der Waals surface area contributed by atoms with Crippen molar-refractivity contribution in [2.75, 3.05) is 4.90 Å². The van der Waals surface area contributed by atoms with Gasteiger partial charge < -0.3 is 13.7 Å². The number of anilines is 3. The van der Waals surface area contributed by atoms with Gasteiger partial charge >= 0.3 is 0 Å². The van der Waals surface area contributed by atoms with Gasteiger partial charge in [0.1, 0.15) is 21.8 Å². The smallest absolute Gasteiger partial charge is 0.159 e. The molecule has 0 bridgehead atoms. The monoisotopic (exact) mass is 760 g/mol. The first kappa shape index (κ1) is 32.7. The van der Waals surface area contributed by atoms with Gasteiger partial charge in [0.2, 0.25) is 0 Å². The topological polar surface area (TPSA) is 42.4 Å². The molecule has 0 spiro atoms. The summed E-state index contributed by atoms with van der Waals surface area (Å²) in [5.41, 5.74) is 13.2. The number of para-hydroxylation sites is 2. The summed E-state index contributed by atoms with van der Waals surface area (Å²) in [5.74, 6) is 0. The molecule has 4 nitrogen and oxygen atoms in total. The van der Waals surface area contributed by atoms with E-state index in [1.807, 2.05) is 18.2 Å². The van der Waals surface area contributed by atoms with E-state index in [0.717, 1.165) is 92.9 Å². The molecule has 0 fully saturated rings. The molecule has 3 heterocycles. The van der Waals surface area contributed by atoms with E-state index in [2.05, 4.69) is 181 Å². The number of fused-ring (bicyclic) bond motifs is 9. The molecule has 9 aromatic carbocycles. The molecule has 0 aliphatic carbocycles. The van der Waals surface area contributed by atoms with Crippen LogP contribution in [0.2, 0.25) is 0 Å². The van der Waals surface area contributed by atoms with Gasteiger partial charge in [-0.1, -0.05) is 133 Å². The van der Waals surface area contributed by atoms with E-state index in [0.29, 0.717) is 0 Å². The molecule has 0 amide bonds. The van der Waals surface area contributed by atoms with Crippen molar-refractivity contribution < 1.29 is 8.83 Å². The summed E-state index contributed by atoms with van der Waals surface area (Å²) in [4.78, 5) is 7.40. The highest BCUT2D eigenvalue weighted by Crippen LogP contribution is 2.44. The number of hydrogen-bond acceptors (Lipinski definition) is 5. The maximum absolute atomic E-state index is 6.60. The highest BCUT2D eigenvalue weighted by atomic mass is 32.1. The van der Waals surface area contributed by atoms with Crippen molar-refractivity contribution in [2.45, 2.75) is 0 Å². The Morgan fingerprint density at radius 2 is 1.12 bits per heavy atom. The predicted molar refractivity (Wildman–Crippen MR) is 243 cm³/mol. The summed E-state index contributed by atoms with van der Waals surface area (Å²) < 4.78 is 14.2. The second-order valence-corrected chi connectivity index (χ2v) is 15.7. The minimum Gasteiger partial charge on any atom is -0.456 e. The first-order chi connectivity index (χ1) is 28.7. The fraction of sp³-hybridized carbons (Fsp3) is 0. The maximum Gasteiger partial charge on any atom is 0.159 e. The Labute approximate surface area is 337 Å². The van der Waals surface area contributed by atoms with Gasteiger partial charge in [0.15, 0.2) is 5.58 Å². The highest BCUT2D eigenvalue weighted by Gasteiger charge is 2.21. The number of benzene rings is 9. The zero-order valence-electron chi connectivity index (χ0n) is 31.1. The summed E-state index contributed by atoms with van der Waals surface area (Å²) in [7, 11) is 0. The molecule has 0 aliphatic rings. The zero-order chi connectivity index (χ0) is 38.2. The van der Waals surface area contributed by atoms with Crippen molar-refractivity contribution in [3.63, 3.8) is 0 Å². The third-order valence-electron chi connectivity index (χ3n) is 11.3. The Bertz CT molecular complexity index is 3500. The number of rotatable bonds is 6. The largest absolute Gasteiger partial charge is 0.456 e. The zero-order valence-corrected chi connectivity index (χ0v) is 31.9. The van der Waals surface area contributed by atoms with Gasteiger partial charge in [-0.15, -0.1) is 11.3 Å². The van der Waals surface area contributed by atoms with E-state index in [-0.39, 0.29) is 0 Å². The lowest BCUT2D eigenvalue weighted by Gasteiger charge is -2.26. The first-order valence-electron chi connectivity index (χ1n) is 19.4. The van der Waals surface area contributed by atoms with Crippen molar-refractivity contribution >= 4 is 93.3 Å². The molecule has 12 rings (SSSR count). The van der Waals surface area contributed by atoms with Crippen LogP contribution in [0.25, 0.3) is 97.7 Å². The van der Waals surface area contributed by atoms with Gasteiger partial charge in [0.05, 0.1) is 21.3 Å². The number of furan rings is 2. The minimum absolute atomic E-state index is 0.849. The van der Waals surface area contributed by atoms with Gasteiger partial charge in [-0.25, -0.2) is 4.98 Å². The van der Waals surface area contributed by atoms with E-state index in [9.17, 15) is 0 Å². The van der Waals surface area contributed by atoms with Crippen LogP contribution in [0.3, 0.4) is 0 Å². The van der Waals surface area contributed by atoms with Gasteiger partial charge in [0, 0.05) is 33.1 Å². The minimum atomic E-state index is 0.849. The van der Waals surface area contributed by atoms with Crippen LogP contribution in [-0.2, 0) is 0 Å². The Balaban J connectivity index is 0.949. The van der Waals surface area contributed by atoms with Crippen molar-refractivity contribution in [2.24, 2.45) is 0 Å². The maximum atomic E-state index is 6.60. The Morgan fingerprint density at radius 1 is 0.431 bits per heavy atom. The standard InChI is InChI=1S/C53H32N2O2S/c1-2-11-36(12-3-1)53-54-51-49(58-53)31-30-47-50(51)44-29-24-37(32-48(44)56-47)33-20-25-38(26-21-33)55(45-18-9-17-43-42-15-6-7-19-46(42)57-52(43)45)39-27-22-35(23-28-39)41-16-8-13-34-10-4-5-14-40(34)41/h1-32H. The molecular weight excluding hydrogens is 729 g/mol. The average molecular weight is 761 g/mol. The molecule has 3 aromatic heterocycles. The number of aromatic nitrogens is 1. The lowest BCUT2D eigenvalue weighted by molar-refractivity contribution is 0.669. The molecule has 0 aliphatic heterocycles. The third-order valence-corrected chi connectivity index (χ3v) is 12.4. The molecule has 0 radical (unpaired) electrons. The Kier molecular flexibility index (Phi) is 7.37. The van der Waals surface area contributed by atoms with Crippen LogP contribution >= 0.6 is 11.3 Å². The lowest BCUT2D eigenvalue weighted by atomic mass is 9.98. The Morgan fingerprint density at radius 3 is 1.97 bits per heavy atom. The average Bonchev–Trinajstić information content (AvgIpc) is 4.01. The molecule has 0 N–H and O–H groups in total. The molecule has 58 heavy (non-hydrogen) atoms. The van der Waals surface area contributed by atoms with Gasteiger partial charge in [0.25, 0.3) is 0 Å². The third kappa shape index (κ3) is 5.25. The van der Waals surface area contributed by atoms with E-state index in [4.69, 9.17) is 13.8 Å². The van der Waals surface area contributed by atoms with E-state index in [1.54, 1.807) is 11.3 Å². The summed E-state index contributed by atoms with van der Waals surface area (Å²) in [6.07, 6.45) is 0. The molecule has 12 aromatic rings. The highest BCUT2D eigenvalue weighted by molar-refractivity contribution is 7.21. The van der Waals surface area contributed by atoms with Crippen molar-refractivity contribution in [1.29, 1.82) is 0 Å². The SMILES string of the molecule is c1ccc(-c2nc3c(ccc4oc5cc(-c6ccc(N(c7ccc(-c8cccc9ccccc89)cc7)c7cccc8c7oc7ccccc78)cc6)ccc5c43)s2)cc1. The van der Waals surface area contributed by atoms with Crippen molar-refractivity contribution in [1.82, 2.24) is 4.98 Å². The van der Waals surface area contributed by atoms with Gasteiger partial charge in [-0.05, 0) is 93.7 Å². The fourth-order valence-electron chi connectivity index (χ4n) is 8.54. The van der Waals surface area contributed by atoms with Crippen LogP contribution in [0.15, 0.2) is 203 Å². The number of thiazole rings is 1. The van der Waals surface area contributed by atoms with Crippen molar-refractivity contribution in [3.8, 4) is 32.8 Å². The second-order valence-electron chi connectivity index (χ2n) is 14.7. The molecule has 0 unspecified atom stereocenters. The van der Waals surface area contributed by atoms with Crippen LogP contribution in [0.1, 0.15) is 0 Å². The van der Waals surface area contributed by atoms with Gasteiger partial charge in [-0.3, -0.25) is 0 Å². The second kappa shape index (κ2) is 13.1. The quantitative estimate of drug-likeness (QED) is 0.169. The van der Waals surface area contributed by atoms with Crippen LogP contribution in [0.5, 0.6) is 0 Å². The summed E-state index contributed by atoms with van der Waals surface area (Å²) in [5, 5.41) is 7.82. The normalized spacial score (nSPS) is 11.8. The lowest BCUT2D eigenvalue weighted by Crippen LogP contribution is -2.10. The Hall–Kier alpha value is -7.47. The summed E-state index contributed by atoms with van der Waals surface area (Å²) in [6, 6.07) is 68.5. The molecule has 0 saturated heterocycles. The van der Waals surface area contributed by atoms with Crippen LogP contribution < -0.4 is 4.90 Å². The molecule has 0 saturated carbocycles. The van der Waals surface area contributed by atoms with Crippen LogP contribution in [-0.4, -0.2) is 4.98 Å². The first-order valence-corrected chi connectivity index (χ1v) is 20.3. The summed E-state index contributed by atoms with van der Waals surface area (Å²) >= 11 is 1.72. The predicted octanol–water partition coefficient (Wildman–Crippen LogP) is 15.7. The van der Waals surface area contributed by atoms with Crippen molar-refractivity contribution in [3.05, 3.63) is 194 Å². The number of hydrogen-bond donors (Lipinski definition) is 0. The van der Waals surface area contributed by atoms with E-state index in [1.165, 1.54) is 21.9 Å². The molecule has 0 atom stereocenters. The van der Waals surface area contributed by atoms with Crippen LogP contribution in [0, 0.1) is 0 Å². The summed E-state index contributed by atoms with van der Waals surface area (Å²) in [6.45, 7) is 0. The molecule has 5 heteroatoms. The molecule has 272 valence electrons. The molecular formula is C53H32N2O2S.